The normalized spacial score (nSPS) is 11.6. The number of nitrogens with one attached hydrogen (secondary N) is 1. The first-order valence-corrected chi connectivity index (χ1v) is 10.1. The van der Waals surface area contributed by atoms with E-state index < -0.39 is 29.1 Å². The van der Waals surface area contributed by atoms with Gasteiger partial charge in [0.15, 0.2) is 6.10 Å². The van der Waals surface area contributed by atoms with E-state index in [1.807, 2.05) is 0 Å². The molecule has 0 saturated heterocycles. The first-order chi connectivity index (χ1) is 14.7. The Hall–Kier alpha value is -2.87. The predicted molar refractivity (Wildman–Crippen MR) is 120 cm³/mol. The molecule has 0 aliphatic rings. The van der Waals surface area contributed by atoms with Crippen molar-refractivity contribution >= 4 is 52.4 Å². The second kappa shape index (κ2) is 9.51. The SMILES string of the molecule is Cc1cc(=O)c(C(=O)OC(C)C(=O)Nc2cccc(Cl)c2Cl)nn1-c1ccc(Cl)cc1. The number of anilines is 1. The lowest BCUT2D eigenvalue weighted by atomic mass is 10.2. The fourth-order valence-electron chi connectivity index (χ4n) is 2.64. The van der Waals surface area contributed by atoms with Gasteiger partial charge in [-0.2, -0.15) is 5.10 Å². The molecule has 0 bridgehead atoms. The first kappa shape index (κ1) is 22.8. The second-order valence-corrected chi connectivity index (χ2v) is 7.75. The number of aryl methyl sites for hydroxylation is 1. The number of hydrogen-bond acceptors (Lipinski definition) is 5. The number of halogens is 3. The Morgan fingerprint density at radius 3 is 2.45 bits per heavy atom. The minimum atomic E-state index is -1.23. The number of amides is 1. The molecule has 1 amide bonds. The Labute approximate surface area is 192 Å². The van der Waals surface area contributed by atoms with Gasteiger partial charge in [0.1, 0.15) is 0 Å². The molecule has 10 heteroatoms. The maximum absolute atomic E-state index is 12.6. The molecule has 0 aliphatic heterocycles. The molecule has 2 aromatic carbocycles. The fourth-order valence-corrected chi connectivity index (χ4v) is 3.11. The van der Waals surface area contributed by atoms with Crippen molar-refractivity contribution in [1.29, 1.82) is 0 Å². The average molecular weight is 481 g/mol. The second-order valence-electron chi connectivity index (χ2n) is 6.52. The largest absolute Gasteiger partial charge is 0.448 e. The minimum absolute atomic E-state index is 0.155. The number of benzene rings is 2. The molecule has 31 heavy (non-hydrogen) atoms. The van der Waals surface area contributed by atoms with Crippen molar-refractivity contribution in [2.75, 3.05) is 5.32 Å². The molecular weight excluding hydrogens is 465 g/mol. The van der Waals surface area contributed by atoms with Crippen molar-refractivity contribution in [2.24, 2.45) is 0 Å². The predicted octanol–water partition coefficient (Wildman–Crippen LogP) is 4.69. The number of nitrogens with zero attached hydrogens (tertiary/aromatic N) is 2. The van der Waals surface area contributed by atoms with Crippen molar-refractivity contribution in [3.63, 3.8) is 0 Å². The van der Waals surface area contributed by atoms with Crippen molar-refractivity contribution in [3.05, 3.63) is 85.2 Å². The summed E-state index contributed by atoms with van der Waals surface area (Å²) in [6, 6.07) is 12.7. The van der Waals surface area contributed by atoms with Gasteiger partial charge < -0.3 is 10.1 Å². The van der Waals surface area contributed by atoms with Crippen LogP contribution in [0.25, 0.3) is 5.69 Å². The summed E-state index contributed by atoms with van der Waals surface area (Å²) in [7, 11) is 0. The van der Waals surface area contributed by atoms with Crippen LogP contribution in [0.3, 0.4) is 0 Å². The van der Waals surface area contributed by atoms with Crippen LogP contribution in [0.2, 0.25) is 15.1 Å². The molecule has 0 saturated carbocycles. The summed E-state index contributed by atoms with van der Waals surface area (Å²) in [6.07, 6.45) is -1.23. The van der Waals surface area contributed by atoms with Crippen LogP contribution in [-0.4, -0.2) is 27.8 Å². The van der Waals surface area contributed by atoms with E-state index in [1.54, 1.807) is 49.4 Å². The van der Waals surface area contributed by atoms with Crippen LogP contribution in [0, 0.1) is 6.92 Å². The van der Waals surface area contributed by atoms with Crippen molar-refractivity contribution in [2.45, 2.75) is 20.0 Å². The molecule has 1 heterocycles. The number of esters is 1. The van der Waals surface area contributed by atoms with E-state index in [0.717, 1.165) is 0 Å². The summed E-state index contributed by atoms with van der Waals surface area (Å²) in [6.45, 7) is 3.03. The highest BCUT2D eigenvalue weighted by molar-refractivity contribution is 6.44. The molecular formula is C21H16Cl3N3O4. The molecule has 0 spiro atoms. The fraction of sp³-hybridized carbons (Fsp3) is 0.143. The topological polar surface area (TPSA) is 90.3 Å². The molecule has 0 aliphatic carbocycles. The van der Waals surface area contributed by atoms with Gasteiger partial charge in [0.05, 0.1) is 21.4 Å². The zero-order valence-electron chi connectivity index (χ0n) is 16.4. The van der Waals surface area contributed by atoms with Crippen LogP contribution >= 0.6 is 34.8 Å². The van der Waals surface area contributed by atoms with E-state index in [4.69, 9.17) is 39.5 Å². The van der Waals surface area contributed by atoms with E-state index in [9.17, 15) is 14.4 Å². The van der Waals surface area contributed by atoms with Crippen LogP contribution in [0.5, 0.6) is 0 Å². The van der Waals surface area contributed by atoms with Crippen molar-refractivity contribution < 1.29 is 14.3 Å². The van der Waals surface area contributed by atoms with Crippen molar-refractivity contribution in [1.82, 2.24) is 9.78 Å². The van der Waals surface area contributed by atoms with Crippen LogP contribution < -0.4 is 10.7 Å². The van der Waals surface area contributed by atoms with Crippen LogP contribution in [0.4, 0.5) is 5.69 Å². The van der Waals surface area contributed by atoms with Gasteiger partial charge in [-0.15, -0.1) is 0 Å². The number of aromatic nitrogens is 2. The smallest absolute Gasteiger partial charge is 0.363 e. The van der Waals surface area contributed by atoms with E-state index in [1.165, 1.54) is 17.7 Å². The minimum Gasteiger partial charge on any atom is -0.448 e. The van der Waals surface area contributed by atoms with Crippen LogP contribution in [0.15, 0.2) is 53.3 Å². The highest BCUT2D eigenvalue weighted by Crippen LogP contribution is 2.29. The van der Waals surface area contributed by atoms with Gasteiger partial charge in [-0.1, -0.05) is 40.9 Å². The monoisotopic (exact) mass is 479 g/mol. The highest BCUT2D eigenvalue weighted by atomic mass is 35.5. The van der Waals surface area contributed by atoms with Crippen molar-refractivity contribution in [3.8, 4) is 5.69 Å². The van der Waals surface area contributed by atoms with E-state index in [-0.39, 0.29) is 15.7 Å². The molecule has 0 radical (unpaired) electrons. The number of carbonyl (C=O) groups excluding carboxylic acids is 2. The van der Waals surface area contributed by atoms with E-state index >= 15 is 0 Å². The number of hydrogen-bond donors (Lipinski definition) is 1. The lowest BCUT2D eigenvalue weighted by Gasteiger charge is -2.15. The maximum Gasteiger partial charge on any atom is 0.363 e. The Morgan fingerprint density at radius 1 is 1.10 bits per heavy atom. The molecule has 1 N–H and O–H groups in total. The van der Waals surface area contributed by atoms with Gasteiger partial charge >= 0.3 is 5.97 Å². The van der Waals surface area contributed by atoms with Gasteiger partial charge in [-0.05, 0) is 50.2 Å². The summed E-state index contributed by atoms with van der Waals surface area (Å²) < 4.78 is 6.55. The van der Waals surface area contributed by atoms with Gasteiger partial charge in [-0.25, -0.2) is 9.48 Å². The molecule has 7 nitrogen and oxygen atoms in total. The average Bonchev–Trinajstić information content (AvgIpc) is 2.72. The van der Waals surface area contributed by atoms with Gasteiger partial charge in [0.25, 0.3) is 5.91 Å². The lowest BCUT2D eigenvalue weighted by Crippen LogP contribution is -2.33. The van der Waals surface area contributed by atoms with Crippen LogP contribution in [-0.2, 0) is 9.53 Å². The molecule has 160 valence electrons. The zero-order chi connectivity index (χ0) is 22.7. The molecule has 1 unspecified atom stereocenters. The summed E-state index contributed by atoms with van der Waals surface area (Å²) in [4.78, 5) is 37.3. The molecule has 1 aromatic heterocycles. The van der Waals surface area contributed by atoms with Gasteiger partial charge in [0, 0.05) is 16.8 Å². The number of rotatable bonds is 5. The highest BCUT2D eigenvalue weighted by Gasteiger charge is 2.23. The zero-order valence-corrected chi connectivity index (χ0v) is 18.6. The number of carbonyl (C=O) groups is 2. The summed E-state index contributed by atoms with van der Waals surface area (Å²) in [5.41, 5.74) is 0.280. The standard InChI is InChI=1S/C21H16Cl3N3O4/c1-11-10-17(28)19(26-27(11)14-8-6-13(22)7-9-14)21(30)31-12(2)20(29)25-16-5-3-4-15(23)18(16)24/h3-10,12H,1-2H3,(H,25,29). The summed E-state index contributed by atoms with van der Waals surface area (Å²) in [5, 5.41) is 7.58. The molecule has 3 rings (SSSR count). The van der Waals surface area contributed by atoms with E-state index in [2.05, 4.69) is 10.4 Å². The molecule has 1 atom stereocenters. The number of ether oxygens (including phenoxy) is 1. The Balaban J connectivity index is 1.80. The Bertz CT molecular complexity index is 1210. The van der Waals surface area contributed by atoms with Crippen LogP contribution in [0.1, 0.15) is 23.1 Å². The van der Waals surface area contributed by atoms with Gasteiger partial charge in [0.2, 0.25) is 11.1 Å². The molecule has 3 aromatic rings. The maximum atomic E-state index is 12.6. The Kier molecular flexibility index (Phi) is 7.00. The third-order valence-electron chi connectivity index (χ3n) is 4.23. The van der Waals surface area contributed by atoms with E-state index in [0.29, 0.717) is 16.4 Å². The first-order valence-electron chi connectivity index (χ1n) is 9.00. The lowest BCUT2D eigenvalue weighted by molar-refractivity contribution is -0.123. The third kappa shape index (κ3) is 5.25. The molecule has 0 fully saturated rings. The summed E-state index contributed by atoms with van der Waals surface area (Å²) >= 11 is 17.9. The Morgan fingerprint density at radius 2 is 1.77 bits per heavy atom. The van der Waals surface area contributed by atoms with Gasteiger partial charge in [-0.3, -0.25) is 9.59 Å². The third-order valence-corrected chi connectivity index (χ3v) is 5.31. The summed E-state index contributed by atoms with van der Waals surface area (Å²) in [5.74, 6) is -1.68. The quantitative estimate of drug-likeness (QED) is 0.535.